The van der Waals surface area contributed by atoms with E-state index in [4.69, 9.17) is 4.74 Å². The molecule has 0 unspecified atom stereocenters. The number of nitrogens with zero attached hydrogens (tertiary/aromatic N) is 1. The summed E-state index contributed by atoms with van der Waals surface area (Å²) in [5.41, 5.74) is -0.0542. The highest BCUT2D eigenvalue weighted by Gasteiger charge is 2.18. The number of nitrogens with one attached hydrogen (secondary N) is 1. The highest BCUT2D eigenvalue weighted by Crippen LogP contribution is 2.30. The molecule has 0 saturated heterocycles. The molecule has 2 aromatic rings. The first-order chi connectivity index (χ1) is 9.94. The molecule has 2 rings (SSSR count). The topological polar surface area (TPSA) is 98.5 Å². The van der Waals surface area contributed by atoms with Crippen molar-refractivity contribution < 1.29 is 18.1 Å². The van der Waals surface area contributed by atoms with E-state index in [-0.39, 0.29) is 22.0 Å². The maximum Gasteiger partial charge on any atom is 0.273 e. The van der Waals surface area contributed by atoms with Gasteiger partial charge >= 0.3 is 0 Å². The number of hydrogen-bond acceptors (Lipinski definition) is 5. The minimum atomic E-state index is -3.78. The van der Waals surface area contributed by atoms with Crippen LogP contribution in [0.3, 0.4) is 0 Å². The molecule has 0 saturated carbocycles. The molecule has 0 aliphatic heterocycles. The lowest BCUT2D eigenvalue weighted by atomic mass is 10.2. The molecule has 0 aliphatic rings. The Morgan fingerprint density at radius 2 is 1.81 bits per heavy atom. The van der Waals surface area contributed by atoms with Crippen LogP contribution in [0.1, 0.15) is 0 Å². The van der Waals surface area contributed by atoms with Gasteiger partial charge in [0.2, 0.25) is 0 Å². The van der Waals surface area contributed by atoms with Crippen LogP contribution in [0.15, 0.2) is 53.4 Å². The number of ether oxygens (including phenoxy) is 1. The van der Waals surface area contributed by atoms with E-state index in [1.54, 1.807) is 18.2 Å². The van der Waals surface area contributed by atoms with Gasteiger partial charge in [-0.2, -0.15) is 0 Å². The Labute approximate surface area is 121 Å². The van der Waals surface area contributed by atoms with Crippen LogP contribution >= 0.6 is 0 Å². The van der Waals surface area contributed by atoms with Crippen LogP contribution in [-0.2, 0) is 10.0 Å². The van der Waals surface area contributed by atoms with E-state index in [2.05, 4.69) is 4.72 Å². The highest BCUT2D eigenvalue weighted by atomic mass is 32.2. The molecule has 0 fully saturated rings. The zero-order valence-corrected chi connectivity index (χ0v) is 11.8. The smallest absolute Gasteiger partial charge is 0.273 e. The van der Waals surface area contributed by atoms with Crippen molar-refractivity contribution in [3.05, 3.63) is 58.6 Å². The number of benzene rings is 2. The quantitative estimate of drug-likeness (QED) is 0.675. The molecule has 7 nitrogen and oxygen atoms in total. The maximum absolute atomic E-state index is 12.2. The molecule has 0 atom stereocenters. The number of rotatable bonds is 5. The summed E-state index contributed by atoms with van der Waals surface area (Å²) in [5, 5.41) is 10.7. The first-order valence-electron chi connectivity index (χ1n) is 5.84. The monoisotopic (exact) mass is 308 g/mol. The molecule has 0 radical (unpaired) electrons. The largest absolute Gasteiger partial charge is 0.494 e. The first kappa shape index (κ1) is 14.8. The van der Waals surface area contributed by atoms with Gasteiger partial charge in [-0.3, -0.25) is 14.8 Å². The average molecular weight is 308 g/mol. The lowest BCUT2D eigenvalue weighted by Gasteiger charge is -2.11. The number of nitro benzene ring substituents is 1. The molecular formula is C13H12N2O5S. The normalized spacial score (nSPS) is 10.9. The van der Waals surface area contributed by atoms with Crippen molar-refractivity contribution in [2.75, 3.05) is 11.8 Å². The van der Waals surface area contributed by atoms with Crippen molar-refractivity contribution in [2.24, 2.45) is 0 Å². The predicted molar refractivity (Wildman–Crippen MR) is 76.9 cm³/mol. The van der Waals surface area contributed by atoms with E-state index in [0.717, 1.165) is 6.07 Å². The van der Waals surface area contributed by atoms with Gasteiger partial charge in [0.15, 0.2) is 0 Å². The average Bonchev–Trinajstić information content (AvgIpc) is 2.48. The Morgan fingerprint density at radius 1 is 1.14 bits per heavy atom. The summed E-state index contributed by atoms with van der Waals surface area (Å²) in [6, 6.07) is 11.4. The molecule has 0 amide bonds. The van der Waals surface area contributed by atoms with Gasteiger partial charge in [-0.15, -0.1) is 0 Å². The minimum Gasteiger partial charge on any atom is -0.494 e. The fraction of sp³-hybridized carbons (Fsp3) is 0.0769. The third-order valence-electron chi connectivity index (χ3n) is 2.69. The van der Waals surface area contributed by atoms with Crippen molar-refractivity contribution in [3.63, 3.8) is 0 Å². The Kier molecular flexibility index (Phi) is 4.08. The van der Waals surface area contributed by atoms with Crippen molar-refractivity contribution in [1.82, 2.24) is 0 Å². The van der Waals surface area contributed by atoms with Crippen LogP contribution in [0.2, 0.25) is 0 Å². The van der Waals surface area contributed by atoms with Gasteiger partial charge in [0.25, 0.3) is 15.7 Å². The second-order valence-electron chi connectivity index (χ2n) is 4.06. The molecule has 1 N–H and O–H groups in total. The lowest BCUT2D eigenvalue weighted by molar-refractivity contribution is -0.384. The van der Waals surface area contributed by atoms with Crippen LogP contribution in [-0.4, -0.2) is 20.5 Å². The van der Waals surface area contributed by atoms with Crippen molar-refractivity contribution >= 4 is 21.4 Å². The Balaban J connectivity index is 2.38. The molecule has 110 valence electrons. The van der Waals surface area contributed by atoms with Gasteiger partial charge < -0.3 is 4.74 Å². The van der Waals surface area contributed by atoms with E-state index in [0.29, 0.717) is 0 Å². The fourth-order valence-corrected chi connectivity index (χ4v) is 2.77. The summed E-state index contributed by atoms with van der Waals surface area (Å²) in [7, 11) is -2.47. The molecule has 21 heavy (non-hydrogen) atoms. The summed E-state index contributed by atoms with van der Waals surface area (Å²) < 4.78 is 31.7. The van der Waals surface area contributed by atoms with Crippen molar-refractivity contribution in [3.8, 4) is 5.75 Å². The summed E-state index contributed by atoms with van der Waals surface area (Å²) in [6.07, 6.45) is 0. The van der Waals surface area contributed by atoms with Crippen LogP contribution in [0.4, 0.5) is 11.4 Å². The van der Waals surface area contributed by atoms with Crippen LogP contribution < -0.4 is 9.46 Å². The zero-order chi connectivity index (χ0) is 15.5. The lowest BCUT2D eigenvalue weighted by Crippen LogP contribution is -2.13. The van der Waals surface area contributed by atoms with Gasteiger partial charge in [0, 0.05) is 6.07 Å². The summed E-state index contributed by atoms with van der Waals surface area (Å²) in [5.74, 6) is 0.0729. The first-order valence-corrected chi connectivity index (χ1v) is 7.32. The van der Waals surface area contributed by atoms with E-state index >= 15 is 0 Å². The molecule has 0 bridgehead atoms. The van der Waals surface area contributed by atoms with Gasteiger partial charge in [0.1, 0.15) is 5.75 Å². The van der Waals surface area contributed by atoms with E-state index < -0.39 is 14.9 Å². The summed E-state index contributed by atoms with van der Waals surface area (Å²) in [6.45, 7) is 0. The number of non-ortho nitro benzene ring substituents is 1. The van der Waals surface area contributed by atoms with Crippen LogP contribution in [0, 0.1) is 10.1 Å². The van der Waals surface area contributed by atoms with Crippen molar-refractivity contribution in [2.45, 2.75) is 4.90 Å². The van der Waals surface area contributed by atoms with Gasteiger partial charge in [0.05, 0.1) is 28.7 Å². The SMILES string of the molecule is COc1cc([N+](=O)[O-])ccc1NS(=O)(=O)c1ccccc1. The number of sulfonamides is 1. The molecule has 0 heterocycles. The number of nitro groups is 1. The van der Waals surface area contributed by atoms with E-state index in [1.807, 2.05) is 0 Å². The molecule has 0 aliphatic carbocycles. The second kappa shape index (κ2) is 5.80. The summed E-state index contributed by atoms with van der Waals surface area (Å²) in [4.78, 5) is 10.2. The van der Waals surface area contributed by atoms with Gasteiger partial charge in [-0.1, -0.05) is 18.2 Å². The molecule has 0 spiro atoms. The zero-order valence-electron chi connectivity index (χ0n) is 11.0. The molecule has 2 aromatic carbocycles. The molecular weight excluding hydrogens is 296 g/mol. The summed E-state index contributed by atoms with van der Waals surface area (Å²) >= 11 is 0. The maximum atomic E-state index is 12.2. The second-order valence-corrected chi connectivity index (χ2v) is 5.74. The van der Waals surface area contributed by atoms with E-state index in [9.17, 15) is 18.5 Å². The Bertz CT molecular complexity index is 759. The Morgan fingerprint density at radius 3 is 2.38 bits per heavy atom. The predicted octanol–water partition coefficient (Wildman–Crippen LogP) is 2.40. The van der Waals surface area contributed by atoms with Crippen LogP contribution in [0.5, 0.6) is 5.75 Å². The number of hydrogen-bond donors (Lipinski definition) is 1. The van der Waals surface area contributed by atoms with E-state index in [1.165, 1.54) is 31.4 Å². The third kappa shape index (κ3) is 3.29. The number of anilines is 1. The standard InChI is InChI=1S/C13H12N2O5S/c1-20-13-9-10(15(16)17)7-8-12(13)14-21(18,19)11-5-3-2-4-6-11/h2-9,14H,1H3. The highest BCUT2D eigenvalue weighted by molar-refractivity contribution is 7.92. The van der Waals surface area contributed by atoms with Gasteiger partial charge in [-0.05, 0) is 18.2 Å². The number of methoxy groups -OCH3 is 1. The minimum absolute atomic E-state index is 0.0729. The van der Waals surface area contributed by atoms with Crippen molar-refractivity contribution in [1.29, 1.82) is 0 Å². The van der Waals surface area contributed by atoms with Gasteiger partial charge in [-0.25, -0.2) is 8.42 Å². The molecule has 0 aromatic heterocycles. The fourth-order valence-electron chi connectivity index (χ4n) is 1.68. The molecule has 8 heteroatoms. The van der Waals surface area contributed by atoms with Crippen LogP contribution in [0.25, 0.3) is 0 Å². The third-order valence-corrected chi connectivity index (χ3v) is 4.08. The Hall–Kier alpha value is -2.61.